The first-order chi connectivity index (χ1) is 7.64. The standard InChI is InChI=1S/C13H28N2O/c1-3-7-13(2,16)12-14-8-6-11-15-9-4-5-10-15/h14,16H,3-12H2,1-2H3. The predicted molar refractivity (Wildman–Crippen MR) is 68.7 cm³/mol. The van der Waals surface area contributed by atoms with E-state index in [-0.39, 0.29) is 0 Å². The zero-order valence-electron chi connectivity index (χ0n) is 11.0. The van der Waals surface area contributed by atoms with E-state index >= 15 is 0 Å². The van der Waals surface area contributed by atoms with E-state index in [2.05, 4.69) is 17.1 Å². The fourth-order valence-corrected chi connectivity index (χ4v) is 2.42. The van der Waals surface area contributed by atoms with E-state index in [9.17, 15) is 5.11 Å². The van der Waals surface area contributed by atoms with Crippen molar-refractivity contribution < 1.29 is 5.11 Å². The number of nitrogens with one attached hydrogen (secondary N) is 1. The van der Waals surface area contributed by atoms with Crippen molar-refractivity contribution in [1.82, 2.24) is 10.2 Å². The molecule has 3 heteroatoms. The van der Waals surface area contributed by atoms with Crippen molar-refractivity contribution in [2.45, 2.75) is 51.6 Å². The molecule has 1 unspecified atom stereocenters. The van der Waals surface area contributed by atoms with Crippen molar-refractivity contribution in [3.63, 3.8) is 0 Å². The normalized spacial score (nSPS) is 21.2. The Labute approximate surface area is 100 Å². The van der Waals surface area contributed by atoms with Crippen LogP contribution in [-0.4, -0.2) is 48.3 Å². The lowest BCUT2D eigenvalue weighted by atomic mass is 10.0. The Balaban J connectivity index is 1.94. The molecule has 1 saturated heterocycles. The number of nitrogens with zero attached hydrogens (tertiary/aromatic N) is 1. The SMILES string of the molecule is CCCC(C)(O)CNCCCN1CCCC1. The maximum atomic E-state index is 9.95. The molecule has 16 heavy (non-hydrogen) atoms. The minimum Gasteiger partial charge on any atom is -0.389 e. The molecule has 0 amide bonds. The highest BCUT2D eigenvalue weighted by atomic mass is 16.3. The highest BCUT2D eigenvalue weighted by Crippen LogP contribution is 2.10. The Hall–Kier alpha value is -0.120. The van der Waals surface area contributed by atoms with Crippen LogP contribution in [0.1, 0.15) is 46.0 Å². The zero-order chi connectivity index (χ0) is 11.9. The van der Waals surface area contributed by atoms with Crippen LogP contribution in [0.2, 0.25) is 0 Å². The van der Waals surface area contributed by atoms with E-state index in [0.717, 1.165) is 25.9 Å². The molecule has 2 N–H and O–H groups in total. The summed E-state index contributed by atoms with van der Waals surface area (Å²) in [6, 6.07) is 0. The molecule has 1 aliphatic rings. The molecule has 1 aliphatic heterocycles. The van der Waals surface area contributed by atoms with Gasteiger partial charge in [-0.1, -0.05) is 13.3 Å². The van der Waals surface area contributed by atoms with Crippen molar-refractivity contribution in [2.24, 2.45) is 0 Å². The quantitative estimate of drug-likeness (QED) is 0.620. The van der Waals surface area contributed by atoms with Crippen LogP contribution >= 0.6 is 0 Å². The summed E-state index contributed by atoms with van der Waals surface area (Å²) in [5, 5.41) is 13.3. The van der Waals surface area contributed by atoms with Gasteiger partial charge < -0.3 is 15.3 Å². The zero-order valence-corrected chi connectivity index (χ0v) is 11.0. The Bertz CT molecular complexity index is 177. The van der Waals surface area contributed by atoms with Crippen LogP contribution in [0.15, 0.2) is 0 Å². The topological polar surface area (TPSA) is 35.5 Å². The molecule has 0 aromatic rings. The molecule has 0 aliphatic carbocycles. The lowest BCUT2D eigenvalue weighted by Crippen LogP contribution is -2.38. The van der Waals surface area contributed by atoms with Crippen molar-refractivity contribution >= 4 is 0 Å². The van der Waals surface area contributed by atoms with Crippen LogP contribution < -0.4 is 5.32 Å². The molecule has 0 saturated carbocycles. The Kier molecular flexibility index (Phi) is 6.32. The maximum absolute atomic E-state index is 9.95. The van der Waals surface area contributed by atoms with Crippen LogP contribution in [0.3, 0.4) is 0 Å². The van der Waals surface area contributed by atoms with Crippen LogP contribution in [0, 0.1) is 0 Å². The second-order valence-corrected chi connectivity index (χ2v) is 5.33. The summed E-state index contributed by atoms with van der Waals surface area (Å²) >= 11 is 0. The number of hydrogen-bond acceptors (Lipinski definition) is 3. The minimum atomic E-state index is -0.525. The predicted octanol–water partition coefficient (Wildman–Crippen LogP) is 1.61. The lowest BCUT2D eigenvalue weighted by molar-refractivity contribution is 0.0501. The first-order valence-corrected chi connectivity index (χ1v) is 6.79. The van der Waals surface area contributed by atoms with Gasteiger partial charge in [0.15, 0.2) is 0 Å². The van der Waals surface area contributed by atoms with Gasteiger partial charge in [-0.3, -0.25) is 0 Å². The summed E-state index contributed by atoms with van der Waals surface area (Å²) in [6.07, 6.45) is 5.87. The second-order valence-electron chi connectivity index (χ2n) is 5.33. The lowest BCUT2D eigenvalue weighted by Gasteiger charge is -2.23. The maximum Gasteiger partial charge on any atom is 0.0743 e. The first kappa shape index (κ1) is 13.9. The minimum absolute atomic E-state index is 0.525. The average Bonchev–Trinajstić information content (AvgIpc) is 2.69. The van der Waals surface area contributed by atoms with Gasteiger partial charge in [-0.05, 0) is 58.8 Å². The summed E-state index contributed by atoms with van der Waals surface area (Å²) in [4.78, 5) is 2.53. The van der Waals surface area contributed by atoms with Crippen molar-refractivity contribution in [3.8, 4) is 0 Å². The molecule has 1 atom stereocenters. The van der Waals surface area contributed by atoms with Gasteiger partial charge in [0.1, 0.15) is 0 Å². The summed E-state index contributed by atoms with van der Waals surface area (Å²) in [7, 11) is 0. The third-order valence-electron chi connectivity index (χ3n) is 3.32. The van der Waals surface area contributed by atoms with Crippen molar-refractivity contribution in [3.05, 3.63) is 0 Å². The number of likely N-dealkylation sites (tertiary alicyclic amines) is 1. The third-order valence-corrected chi connectivity index (χ3v) is 3.32. The van der Waals surface area contributed by atoms with Gasteiger partial charge in [-0.2, -0.15) is 0 Å². The Morgan fingerprint density at radius 2 is 2.00 bits per heavy atom. The molecule has 0 spiro atoms. The molecular formula is C13H28N2O. The van der Waals surface area contributed by atoms with Crippen LogP contribution in [0.5, 0.6) is 0 Å². The molecule has 1 heterocycles. The van der Waals surface area contributed by atoms with Gasteiger partial charge in [0.05, 0.1) is 5.60 Å². The smallest absolute Gasteiger partial charge is 0.0743 e. The second kappa shape index (κ2) is 7.25. The summed E-state index contributed by atoms with van der Waals surface area (Å²) in [5.74, 6) is 0. The molecule has 1 rings (SSSR count). The highest BCUT2D eigenvalue weighted by molar-refractivity contribution is 4.74. The van der Waals surface area contributed by atoms with E-state index in [4.69, 9.17) is 0 Å². The van der Waals surface area contributed by atoms with Crippen LogP contribution in [-0.2, 0) is 0 Å². The van der Waals surface area contributed by atoms with Gasteiger partial charge >= 0.3 is 0 Å². The molecule has 0 aromatic heterocycles. The van der Waals surface area contributed by atoms with E-state index in [1.54, 1.807) is 0 Å². The fourth-order valence-electron chi connectivity index (χ4n) is 2.42. The van der Waals surface area contributed by atoms with E-state index < -0.39 is 5.60 Å². The molecule has 0 bridgehead atoms. The third kappa shape index (κ3) is 5.83. The van der Waals surface area contributed by atoms with Gasteiger partial charge in [0.2, 0.25) is 0 Å². The van der Waals surface area contributed by atoms with E-state index in [1.165, 1.54) is 38.9 Å². The monoisotopic (exact) mass is 228 g/mol. The van der Waals surface area contributed by atoms with E-state index in [1.807, 2.05) is 6.92 Å². The molecule has 96 valence electrons. The van der Waals surface area contributed by atoms with Crippen molar-refractivity contribution in [1.29, 1.82) is 0 Å². The molecule has 0 aromatic carbocycles. The molecular weight excluding hydrogens is 200 g/mol. The highest BCUT2D eigenvalue weighted by Gasteiger charge is 2.17. The van der Waals surface area contributed by atoms with Gasteiger partial charge in [-0.15, -0.1) is 0 Å². The molecule has 3 nitrogen and oxygen atoms in total. The summed E-state index contributed by atoms with van der Waals surface area (Å²) in [5.41, 5.74) is -0.525. The van der Waals surface area contributed by atoms with E-state index in [0.29, 0.717) is 0 Å². The van der Waals surface area contributed by atoms with Crippen molar-refractivity contribution in [2.75, 3.05) is 32.7 Å². The first-order valence-electron chi connectivity index (χ1n) is 6.79. The van der Waals surface area contributed by atoms with Crippen LogP contribution in [0.25, 0.3) is 0 Å². The Morgan fingerprint density at radius 3 is 2.62 bits per heavy atom. The Morgan fingerprint density at radius 1 is 1.31 bits per heavy atom. The van der Waals surface area contributed by atoms with Gasteiger partial charge in [0, 0.05) is 6.54 Å². The molecule has 0 radical (unpaired) electrons. The average molecular weight is 228 g/mol. The fraction of sp³-hybridized carbons (Fsp3) is 1.00. The van der Waals surface area contributed by atoms with Crippen LogP contribution in [0.4, 0.5) is 0 Å². The molecule has 1 fully saturated rings. The number of aliphatic hydroxyl groups is 1. The van der Waals surface area contributed by atoms with Gasteiger partial charge in [-0.25, -0.2) is 0 Å². The summed E-state index contributed by atoms with van der Waals surface area (Å²) in [6.45, 7) is 9.56. The number of rotatable bonds is 8. The summed E-state index contributed by atoms with van der Waals surface area (Å²) < 4.78 is 0. The number of hydrogen-bond donors (Lipinski definition) is 2. The van der Waals surface area contributed by atoms with Gasteiger partial charge in [0.25, 0.3) is 0 Å². The largest absolute Gasteiger partial charge is 0.389 e.